The van der Waals surface area contributed by atoms with E-state index in [9.17, 15) is 22.0 Å². The predicted octanol–water partition coefficient (Wildman–Crippen LogP) is 3.63. The summed E-state index contributed by atoms with van der Waals surface area (Å²) in [6, 6.07) is 7.06. The van der Waals surface area contributed by atoms with Crippen molar-refractivity contribution in [2.24, 2.45) is 17.3 Å². The van der Waals surface area contributed by atoms with Crippen LogP contribution in [0.5, 0.6) is 0 Å². The number of halogens is 2. The number of methoxy groups -OCH3 is 1. The molecule has 1 spiro atoms. The fourth-order valence-electron chi connectivity index (χ4n) is 6.46. The Morgan fingerprint density at radius 2 is 1.77 bits per heavy atom. The van der Waals surface area contributed by atoms with Crippen molar-refractivity contribution in [3.8, 4) is 16.9 Å². The third-order valence-electron chi connectivity index (χ3n) is 9.36. The van der Waals surface area contributed by atoms with Crippen molar-refractivity contribution < 1.29 is 26.7 Å². The molecule has 0 bridgehead atoms. The number of nitrogens with one attached hydrogen (secondary N) is 1. The van der Waals surface area contributed by atoms with Crippen LogP contribution in [0.3, 0.4) is 0 Å². The molecule has 14 heteroatoms. The quantitative estimate of drug-likeness (QED) is 0.380. The Morgan fingerprint density at radius 1 is 1.05 bits per heavy atom. The summed E-state index contributed by atoms with van der Waals surface area (Å²) in [5.74, 6) is -5.01. The lowest BCUT2D eigenvalue weighted by Gasteiger charge is -2.35. The number of anilines is 3. The topological polar surface area (TPSA) is 123 Å². The molecule has 43 heavy (non-hydrogen) atoms. The number of ether oxygens (including phenoxy) is 1. The summed E-state index contributed by atoms with van der Waals surface area (Å²) in [5, 5.41) is 4.63. The molecule has 4 heterocycles. The summed E-state index contributed by atoms with van der Waals surface area (Å²) in [6.45, 7) is 4.02. The average Bonchev–Trinajstić information content (AvgIpc) is 3.57. The molecule has 2 aliphatic heterocycles. The van der Waals surface area contributed by atoms with Crippen LogP contribution in [-0.2, 0) is 19.6 Å². The largest absolute Gasteiger partial charge is 0.468 e. The summed E-state index contributed by atoms with van der Waals surface area (Å²) in [7, 11) is -2.81. The van der Waals surface area contributed by atoms with Crippen LogP contribution in [0.15, 0.2) is 36.7 Å². The average molecular weight is 614 g/mol. The second-order valence-corrected chi connectivity index (χ2v) is 14.0. The van der Waals surface area contributed by atoms with Gasteiger partial charge in [-0.1, -0.05) is 0 Å². The van der Waals surface area contributed by atoms with E-state index in [-0.39, 0.29) is 13.1 Å². The van der Waals surface area contributed by atoms with E-state index in [4.69, 9.17) is 4.98 Å². The SMILES string of the molecule is COC(=O)CS(=O)(=O)Nc1ccc(-n2cc(-c3cc(C)nc(N4CC5C(C4)C5(F)F)n3)cn2)c(N2CCC3(CC2)CC3)c1. The highest BCUT2D eigenvalue weighted by Crippen LogP contribution is 2.59. The van der Waals surface area contributed by atoms with Crippen molar-refractivity contribution in [2.75, 3.05) is 53.6 Å². The Hall–Kier alpha value is -3.81. The van der Waals surface area contributed by atoms with E-state index in [0.717, 1.165) is 55.7 Å². The van der Waals surface area contributed by atoms with Crippen LogP contribution in [0.1, 0.15) is 31.4 Å². The molecule has 1 N–H and O–H groups in total. The zero-order valence-electron chi connectivity index (χ0n) is 24.0. The molecule has 3 aromatic rings. The predicted molar refractivity (Wildman–Crippen MR) is 156 cm³/mol. The van der Waals surface area contributed by atoms with Crippen molar-refractivity contribution >= 4 is 33.3 Å². The highest BCUT2D eigenvalue weighted by atomic mass is 32.2. The molecule has 7 rings (SSSR count). The van der Waals surface area contributed by atoms with Gasteiger partial charge in [0, 0.05) is 43.6 Å². The first-order valence-electron chi connectivity index (χ1n) is 14.5. The van der Waals surface area contributed by atoms with Crippen LogP contribution in [-0.4, -0.2) is 79.1 Å². The minimum Gasteiger partial charge on any atom is -0.468 e. The van der Waals surface area contributed by atoms with Gasteiger partial charge in [0.15, 0.2) is 5.75 Å². The van der Waals surface area contributed by atoms with Crippen molar-refractivity contribution in [2.45, 2.75) is 38.5 Å². The Balaban J connectivity index is 1.18. The first-order valence-corrected chi connectivity index (χ1v) is 16.1. The van der Waals surface area contributed by atoms with Crippen molar-refractivity contribution in [3.63, 3.8) is 0 Å². The van der Waals surface area contributed by atoms with Gasteiger partial charge >= 0.3 is 5.97 Å². The van der Waals surface area contributed by atoms with Gasteiger partial charge in [0.05, 0.1) is 47.9 Å². The normalized spacial score (nSPS) is 23.3. The fourth-order valence-corrected chi connectivity index (χ4v) is 7.45. The first-order chi connectivity index (χ1) is 20.5. The lowest BCUT2D eigenvalue weighted by molar-refractivity contribution is -0.137. The van der Waals surface area contributed by atoms with E-state index >= 15 is 0 Å². The molecule has 2 atom stereocenters. The van der Waals surface area contributed by atoms with E-state index in [2.05, 4.69) is 24.4 Å². The lowest BCUT2D eigenvalue weighted by atomic mass is 9.93. The van der Waals surface area contributed by atoms with Crippen LogP contribution in [0, 0.1) is 24.2 Å². The molecule has 2 aliphatic carbocycles. The molecule has 228 valence electrons. The summed E-state index contributed by atoms with van der Waals surface area (Å²) < 4.78 is 61.4. The number of nitrogens with zero attached hydrogens (tertiary/aromatic N) is 6. The first kappa shape index (κ1) is 28.0. The molecule has 2 saturated carbocycles. The monoisotopic (exact) mass is 613 g/mol. The standard InChI is InChI=1S/C29H33F2N7O4S/c1-18-11-23(34-27(33-18)37-15-21-22(16-37)29(21,30)31)19-13-32-38(14-19)24-4-3-20(35-43(40,41)17-26(39)42-2)12-25(24)36-9-7-28(5-6-28)8-10-36/h3-4,11-14,21-22,35H,5-10,15-17H2,1-2H3. The van der Waals surface area contributed by atoms with Gasteiger partial charge in [-0.3, -0.25) is 9.52 Å². The number of hydrogen-bond acceptors (Lipinski definition) is 9. The number of aromatic nitrogens is 4. The number of fused-ring (bicyclic) bond motifs is 1. The van der Waals surface area contributed by atoms with Gasteiger partial charge in [0.25, 0.3) is 5.92 Å². The highest BCUT2D eigenvalue weighted by Gasteiger charge is 2.72. The summed E-state index contributed by atoms with van der Waals surface area (Å²) in [6.07, 6.45) is 8.21. The van der Waals surface area contributed by atoms with E-state index in [1.165, 1.54) is 12.8 Å². The molecule has 1 aromatic carbocycles. The minimum absolute atomic E-state index is 0.246. The maximum atomic E-state index is 13.8. The number of benzene rings is 1. The molecule has 11 nitrogen and oxygen atoms in total. The van der Waals surface area contributed by atoms with Gasteiger partial charge in [-0.2, -0.15) is 5.10 Å². The molecule has 2 unspecified atom stereocenters. The van der Waals surface area contributed by atoms with Crippen LogP contribution >= 0.6 is 0 Å². The summed E-state index contributed by atoms with van der Waals surface area (Å²) in [5.41, 5.74) is 4.49. The maximum absolute atomic E-state index is 13.8. The van der Waals surface area contributed by atoms with Gasteiger partial charge in [-0.25, -0.2) is 31.8 Å². The van der Waals surface area contributed by atoms with Crippen LogP contribution < -0.4 is 14.5 Å². The van der Waals surface area contributed by atoms with E-state index in [1.54, 1.807) is 29.1 Å². The number of carbonyl (C=O) groups excluding carboxylic acids is 1. The minimum atomic E-state index is -3.96. The second-order valence-electron chi connectivity index (χ2n) is 12.3. The zero-order valence-corrected chi connectivity index (χ0v) is 24.8. The molecule has 4 fully saturated rings. The molecule has 2 saturated heterocycles. The van der Waals surface area contributed by atoms with Crippen LogP contribution in [0.25, 0.3) is 16.9 Å². The van der Waals surface area contributed by atoms with Gasteiger partial charge in [-0.05, 0) is 62.3 Å². The van der Waals surface area contributed by atoms with Gasteiger partial charge < -0.3 is 14.5 Å². The van der Waals surface area contributed by atoms with Crippen LogP contribution in [0.2, 0.25) is 0 Å². The molecule has 0 radical (unpaired) electrons. The number of carbonyl (C=O) groups is 1. The fraction of sp³-hybridized carbons (Fsp3) is 0.517. The number of sulfonamides is 1. The number of rotatable bonds is 8. The van der Waals surface area contributed by atoms with Crippen LogP contribution in [0.4, 0.5) is 26.1 Å². The number of piperidine rings is 2. The smallest absolute Gasteiger partial charge is 0.322 e. The Labute approximate surface area is 248 Å². The third-order valence-corrected chi connectivity index (χ3v) is 10.5. The number of alkyl halides is 2. The van der Waals surface area contributed by atoms with E-state index in [1.807, 2.05) is 24.1 Å². The van der Waals surface area contributed by atoms with Crippen molar-refractivity contribution in [1.82, 2.24) is 19.7 Å². The number of aryl methyl sites for hydroxylation is 1. The summed E-state index contributed by atoms with van der Waals surface area (Å²) in [4.78, 5) is 24.9. The summed E-state index contributed by atoms with van der Waals surface area (Å²) >= 11 is 0. The van der Waals surface area contributed by atoms with Gasteiger partial charge in [0.2, 0.25) is 16.0 Å². The molecule has 4 aliphatic rings. The van der Waals surface area contributed by atoms with E-state index < -0.39 is 39.5 Å². The molecular weight excluding hydrogens is 580 g/mol. The second kappa shape index (κ2) is 9.86. The number of esters is 1. The Kier molecular flexibility index (Phi) is 6.42. The third kappa shape index (κ3) is 5.30. The van der Waals surface area contributed by atoms with Crippen molar-refractivity contribution in [3.05, 3.63) is 42.4 Å². The van der Waals surface area contributed by atoms with E-state index in [0.29, 0.717) is 22.7 Å². The molecule has 0 amide bonds. The molecular formula is C29H33F2N7O4S. The molecule has 2 aromatic heterocycles. The van der Waals surface area contributed by atoms with Crippen molar-refractivity contribution in [1.29, 1.82) is 0 Å². The maximum Gasteiger partial charge on any atom is 0.322 e. The zero-order chi connectivity index (χ0) is 30.1. The van der Waals surface area contributed by atoms with Gasteiger partial charge in [0.1, 0.15) is 0 Å². The van der Waals surface area contributed by atoms with Gasteiger partial charge in [-0.15, -0.1) is 0 Å². The lowest BCUT2D eigenvalue weighted by Crippen LogP contribution is -2.35. The number of hydrogen-bond donors (Lipinski definition) is 1. The Bertz CT molecular complexity index is 1680. The Morgan fingerprint density at radius 3 is 2.44 bits per heavy atom. The highest BCUT2D eigenvalue weighted by molar-refractivity contribution is 7.93.